The van der Waals surface area contributed by atoms with Crippen molar-refractivity contribution in [1.82, 2.24) is 19.9 Å². The minimum atomic E-state index is -0.987. The molecule has 3 aromatic heterocycles. The molecule has 12 heteroatoms. The number of fused-ring (bicyclic) bond motifs is 8. The monoisotopic (exact) mass is 1930 g/mol. The van der Waals surface area contributed by atoms with Crippen molar-refractivity contribution in [2.24, 2.45) is 0 Å². The number of nitrogens with one attached hydrogen (secondary N) is 2. The van der Waals surface area contributed by atoms with Gasteiger partial charge >= 0.3 is 23.9 Å². The number of hydrogen-bond donors (Lipinski definition) is 6. The van der Waals surface area contributed by atoms with Gasteiger partial charge in [-0.2, -0.15) is 0 Å². The van der Waals surface area contributed by atoms with Gasteiger partial charge in [0.2, 0.25) is 0 Å². The summed E-state index contributed by atoms with van der Waals surface area (Å²) >= 11 is 0. The summed E-state index contributed by atoms with van der Waals surface area (Å²) in [6.45, 7) is 34.5. The summed E-state index contributed by atoms with van der Waals surface area (Å²) in [6.07, 6.45) is 5.26. The van der Waals surface area contributed by atoms with Crippen molar-refractivity contribution in [3.05, 3.63) is 443 Å². The number of benzene rings is 12. The summed E-state index contributed by atoms with van der Waals surface area (Å²) in [5.41, 5.74) is 45.9. The molecule has 17 rings (SSSR count). The number of carboxylic acids is 4. The quantitative estimate of drug-likeness (QED) is 0.0505. The fourth-order valence-corrected chi connectivity index (χ4v) is 19.7. The predicted octanol–water partition coefficient (Wildman–Crippen LogP) is 29.2. The van der Waals surface area contributed by atoms with Gasteiger partial charge in [0.25, 0.3) is 0 Å². The van der Waals surface area contributed by atoms with E-state index in [2.05, 4.69) is 333 Å². The third kappa shape index (κ3) is 21.3. The maximum Gasteiger partial charge on any atom is 0.335 e. The van der Waals surface area contributed by atoms with E-state index in [9.17, 15) is 39.6 Å². The van der Waals surface area contributed by atoms with E-state index in [1.165, 1.54) is 0 Å². The van der Waals surface area contributed by atoms with E-state index in [0.717, 1.165) is 245 Å². The lowest BCUT2D eigenvalue weighted by Gasteiger charge is -2.12. The molecule has 0 saturated heterocycles. The SMILES string of the molecule is CCC1=C(CC)c2nc1c(-c1ccc(C#Cc3cc(C)c(C#Cc4ccc(C(=O)O)cc4)cc3C)cc1)c1[nH]c(c(CC)c1CC)c(-c1ccc(C#Cc3cc(C)c(C#Cc4ccc(C(=O)O)cc4)cc3C)cc1)c1nc(c(-c3ccc(C#Cc4cc(C)c(C#Cc5ccc(C(=O)O)cc5)cc4C)cc3)c3[nH]c(c(CC)c3CC)c2-c2ccc(C#Cc3cc(C)c(C#Cc4ccc(C(=O)O)cc4)cc3C)cc2)C(CC)=C1CC. The first-order chi connectivity index (χ1) is 71.6. The maximum atomic E-state index is 11.6. The van der Waals surface area contributed by atoms with Gasteiger partial charge < -0.3 is 30.4 Å². The van der Waals surface area contributed by atoms with Crippen LogP contribution >= 0.6 is 0 Å². The van der Waals surface area contributed by atoms with Crippen LogP contribution in [-0.4, -0.2) is 64.2 Å². The zero-order valence-corrected chi connectivity index (χ0v) is 86.1. The number of aromatic carboxylic acids is 4. The van der Waals surface area contributed by atoms with Crippen LogP contribution in [0, 0.1) is 150 Å². The summed E-state index contributed by atoms with van der Waals surface area (Å²) in [6, 6.07) is 77.7. The average Bonchev–Trinajstić information content (AvgIpc) is 1.56. The number of aromatic amines is 2. The highest BCUT2D eigenvalue weighted by Gasteiger charge is 2.33. The fourth-order valence-electron chi connectivity index (χ4n) is 19.7. The van der Waals surface area contributed by atoms with Gasteiger partial charge in [-0.05, 0) is 412 Å². The number of carboxylic acid groups (broad SMARTS) is 4. The molecule has 0 amide bonds. The minimum Gasteiger partial charge on any atom is -0.478 e. The Balaban J connectivity index is 0.903. The summed E-state index contributed by atoms with van der Waals surface area (Å²) < 4.78 is 0. The molecule has 2 aliphatic heterocycles. The molecule has 15 aromatic rings. The molecule has 12 aromatic carbocycles. The van der Waals surface area contributed by atoms with Crippen molar-refractivity contribution < 1.29 is 39.6 Å². The molecule has 8 bridgehead atoms. The molecule has 0 saturated carbocycles. The number of carbonyl (C=O) groups is 4. The highest BCUT2D eigenvalue weighted by molar-refractivity contribution is 6.10. The van der Waals surface area contributed by atoms with Gasteiger partial charge in [-0.3, -0.25) is 0 Å². The Morgan fingerprint density at radius 3 is 0.480 bits per heavy atom. The minimum absolute atomic E-state index is 0.205. The van der Waals surface area contributed by atoms with Crippen molar-refractivity contribution in [3.8, 4) is 139 Å². The topological polar surface area (TPSA) is 207 Å². The third-order valence-corrected chi connectivity index (χ3v) is 27.8. The van der Waals surface area contributed by atoms with Crippen LogP contribution in [0.15, 0.2) is 243 Å². The highest BCUT2D eigenvalue weighted by Crippen LogP contribution is 2.51. The molecule has 148 heavy (non-hydrogen) atoms. The van der Waals surface area contributed by atoms with Gasteiger partial charge in [0, 0.05) is 111 Å². The maximum absolute atomic E-state index is 11.6. The Morgan fingerprint density at radius 1 is 0.209 bits per heavy atom. The van der Waals surface area contributed by atoms with E-state index in [1.807, 2.05) is 27.7 Å². The summed E-state index contributed by atoms with van der Waals surface area (Å²) in [5.74, 6) is 50.7. The number of nitrogens with zero attached hydrogens (tertiary/aromatic N) is 2. The van der Waals surface area contributed by atoms with Crippen molar-refractivity contribution in [2.45, 2.75) is 162 Å². The van der Waals surface area contributed by atoms with Gasteiger partial charge in [0.05, 0.1) is 67.1 Å². The molecule has 0 atom stereocenters. The molecular weight excluding hydrogens is 1820 g/mol. The second-order valence-electron chi connectivity index (χ2n) is 37.3. The first-order valence-corrected chi connectivity index (χ1v) is 50.3. The number of aryl methyl sites for hydroxylation is 12. The zero-order valence-electron chi connectivity index (χ0n) is 86.1. The molecule has 0 fully saturated rings. The molecule has 722 valence electrons. The number of aromatic nitrogens is 4. The average molecular weight is 1930 g/mol. The normalized spacial score (nSPS) is 11.2. The Bertz CT molecular complexity index is 7820. The van der Waals surface area contributed by atoms with Crippen LogP contribution < -0.4 is 0 Å². The number of hydrogen-bond acceptors (Lipinski definition) is 6. The van der Waals surface area contributed by atoms with Crippen LogP contribution in [0.2, 0.25) is 0 Å². The highest BCUT2D eigenvalue weighted by atomic mass is 16.4. The van der Waals surface area contributed by atoms with Crippen molar-refractivity contribution in [3.63, 3.8) is 0 Å². The van der Waals surface area contributed by atoms with Crippen molar-refractivity contribution in [1.29, 1.82) is 0 Å². The number of H-pyrrole nitrogens is 2. The Morgan fingerprint density at radius 2 is 0.351 bits per heavy atom. The fraction of sp³-hybridized carbons (Fsp3) is 0.176. The lowest BCUT2D eigenvalue weighted by molar-refractivity contribution is 0.0686. The van der Waals surface area contributed by atoms with Gasteiger partial charge in [-0.25, -0.2) is 29.1 Å². The molecular formula is C136H110N4O8. The van der Waals surface area contributed by atoms with E-state index in [1.54, 1.807) is 97.1 Å². The largest absolute Gasteiger partial charge is 0.478 e. The summed E-state index contributed by atoms with van der Waals surface area (Å²) in [4.78, 5) is 68.0. The van der Waals surface area contributed by atoms with Crippen LogP contribution in [-0.2, 0) is 25.7 Å². The number of rotatable bonds is 16. The molecule has 0 spiro atoms. The Kier molecular flexibility index (Phi) is 30.2. The molecule has 0 unspecified atom stereocenters. The van der Waals surface area contributed by atoms with Crippen molar-refractivity contribution in [2.75, 3.05) is 0 Å². The van der Waals surface area contributed by atoms with Crippen molar-refractivity contribution >= 4 is 68.2 Å². The number of allylic oxidation sites excluding steroid dienone is 4. The van der Waals surface area contributed by atoms with Gasteiger partial charge in [-0.1, -0.05) is 199 Å². The molecule has 5 heterocycles. The van der Waals surface area contributed by atoms with E-state index in [0.29, 0.717) is 73.6 Å². The van der Waals surface area contributed by atoms with E-state index >= 15 is 0 Å². The van der Waals surface area contributed by atoms with Crippen LogP contribution in [0.5, 0.6) is 0 Å². The first kappa shape index (κ1) is 101. The predicted molar refractivity (Wildman–Crippen MR) is 600 cm³/mol. The summed E-state index contributed by atoms with van der Waals surface area (Å²) in [5, 5.41) is 38.2. The van der Waals surface area contributed by atoms with Gasteiger partial charge in [0.1, 0.15) is 0 Å². The van der Waals surface area contributed by atoms with Crippen LogP contribution in [0.1, 0.15) is 301 Å². The Labute approximate surface area is 866 Å². The lowest BCUT2D eigenvalue weighted by atomic mass is 9.89. The van der Waals surface area contributed by atoms with E-state index in [4.69, 9.17) is 9.97 Å². The molecule has 0 aliphatic carbocycles. The van der Waals surface area contributed by atoms with Gasteiger partial charge in [0.15, 0.2) is 0 Å². The molecule has 12 nitrogen and oxygen atoms in total. The summed E-state index contributed by atoms with van der Waals surface area (Å²) in [7, 11) is 0. The second-order valence-corrected chi connectivity index (χ2v) is 37.3. The van der Waals surface area contributed by atoms with Crippen LogP contribution in [0.25, 0.3) is 88.9 Å². The Hall–Kier alpha value is -18.4. The molecule has 0 radical (unpaired) electrons. The zero-order chi connectivity index (χ0) is 104. The standard InChI is InChI=1S/C136H110N4O8/c1-17-113-114(18-2)126-122(98-51-27-90(28-52-98)42-66-106-74-86(14)110(78-82(106)10)70-46-94-35-59-102(60-36-94)134(143)144)128-117(21-5)118(22-6)130(139-128)124(100-55-31-92(32-56-100)44-68-108-76-88(16)112(80-84(108)12)72-48-96-39-63-104(64-40-96)136(147)148)132-120(24-8)119(23-7)131(140-132)123(99-53-29-91(30-54-99)43-67-107-75-87(15)111(79-83(107)11)71-47-95-37-61-103(62-38-95)135(145)146)129-116(20-4)115(19-3)127(138-129)121(125(113)137-126)97-49-25-89(26-50-97)41-65-105-73-85(13)109(77-81(105)9)69-45-93-33-57-101(58-34-93)133(141)142/h25-40,49-64,73-80,137,140H,17-24H2,1-16H3,(H,141,142)(H,143,144)(H,145,146)(H,147,148). The van der Waals surface area contributed by atoms with Gasteiger partial charge in [-0.15, -0.1) is 0 Å². The lowest BCUT2D eigenvalue weighted by Crippen LogP contribution is -1.95. The second kappa shape index (κ2) is 44.2. The molecule has 2 aliphatic rings. The van der Waals surface area contributed by atoms with E-state index < -0.39 is 23.9 Å². The van der Waals surface area contributed by atoms with E-state index in [-0.39, 0.29) is 22.3 Å². The first-order valence-electron chi connectivity index (χ1n) is 50.3. The smallest absolute Gasteiger partial charge is 0.335 e. The third-order valence-electron chi connectivity index (χ3n) is 27.8. The van der Waals surface area contributed by atoms with Crippen LogP contribution in [0.3, 0.4) is 0 Å². The molecule has 6 N–H and O–H groups in total. The van der Waals surface area contributed by atoms with Crippen LogP contribution in [0.4, 0.5) is 0 Å².